The van der Waals surface area contributed by atoms with E-state index in [2.05, 4.69) is 5.32 Å². The zero-order valence-corrected chi connectivity index (χ0v) is 14.7. The molecule has 4 heteroatoms. The van der Waals surface area contributed by atoms with Gasteiger partial charge in [-0.15, -0.1) is 0 Å². The van der Waals surface area contributed by atoms with E-state index in [9.17, 15) is 4.79 Å². The van der Waals surface area contributed by atoms with Crippen LogP contribution in [0.1, 0.15) is 18.1 Å². The molecule has 0 bridgehead atoms. The fraction of sp³-hybridized carbons (Fsp3) is 0.350. The van der Waals surface area contributed by atoms with Gasteiger partial charge in [0, 0.05) is 13.1 Å². The van der Waals surface area contributed by atoms with Gasteiger partial charge < -0.3 is 10.1 Å². The van der Waals surface area contributed by atoms with Crippen LogP contribution in [-0.2, 0) is 11.3 Å². The highest BCUT2D eigenvalue weighted by molar-refractivity contribution is 5.81. The normalized spacial score (nSPS) is 12.0. The van der Waals surface area contributed by atoms with E-state index in [0.29, 0.717) is 19.7 Å². The molecule has 2 aromatic rings. The molecule has 1 atom stereocenters. The van der Waals surface area contributed by atoms with Gasteiger partial charge in [-0.1, -0.05) is 48.5 Å². The van der Waals surface area contributed by atoms with Crippen LogP contribution in [0.3, 0.4) is 0 Å². The monoisotopic (exact) mass is 326 g/mol. The molecular formula is C20H26N2O2. The summed E-state index contributed by atoms with van der Waals surface area (Å²) in [4.78, 5) is 14.3. The minimum absolute atomic E-state index is 0.0252. The molecule has 0 fully saturated rings. The van der Waals surface area contributed by atoms with E-state index >= 15 is 0 Å². The van der Waals surface area contributed by atoms with Crippen molar-refractivity contribution in [1.82, 2.24) is 10.2 Å². The summed E-state index contributed by atoms with van der Waals surface area (Å²) >= 11 is 0. The van der Waals surface area contributed by atoms with Crippen molar-refractivity contribution in [1.29, 1.82) is 0 Å². The van der Waals surface area contributed by atoms with Gasteiger partial charge in [-0.3, -0.25) is 9.69 Å². The number of carbonyl (C=O) groups is 1. The molecule has 4 nitrogen and oxygen atoms in total. The third kappa shape index (κ3) is 5.39. The molecule has 24 heavy (non-hydrogen) atoms. The molecule has 0 aliphatic carbocycles. The number of para-hydroxylation sites is 1. The number of hydrogen-bond acceptors (Lipinski definition) is 3. The quantitative estimate of drug-likeness (QED) is 0.811. The van der Waals surface area contributed by atoms with Crippen molar-refractivity contribution in [3.05, 3.63) is 65.7 Å². The second-order valence-corrected chi connectivity index (χ2v) is 5.97. The Kier molecular flexibility index (Phi) is 6.82. The molecule has 0 aliphatic rings. The third-order valence-corrected chi connectivity index (χ3v) is 4.15. The van der Waals surface area contributed by atoms with Crippen LogP contribution >= 0.6 is 0 Å². The molecule has 0 heterocycles. The Morgan fingerprint density at radius 3 is 2.50 bits per heavy atom. The lowest BCUT2D eigenvalue weighted by Crippen LogP contribution is -2.44. The van der Waals surface area contributed by atoms with E-state index < -0.39 is 0 Å². The van der Waals surface area contributed by atoms with Gasteiger partial charge >= 0.3 is 0 Å². The molecule has 128 valence electrons. The lowest BCUT2D eigenvalue weighted by atomic mass is 10.2. The first-order valence-electron chi connectivity index (χ1n) is 8.28. The summed E-state index contributed by atoms with van der Waals surface area (Å²) < 4.78 is 5.79. The average Bonchev–Trinajstić information content (AvgIpc) is 2.61. The van der Waals surface area contributed by atoms with Crippen LogP contribution in [-0.4, -0.2) is 37.0 Å². The second-order valence-electron chi connectivity index (χ2n) is 5.97. The molecule has 2 rings (SSSR count). The zero-order valence-electron chi connectivity index (χ0n) is 14.7. The number of nitrogens with one attached hydrogen (secondary N) is 1. The number of hydrogen-bond donors (Lipinski definition) is 1. The van der Waals surface area contributed by atoms with Gasteiger partial charge in [-0.25, -0.2) is 0 Å². The van der Waals surface area contributed by atoms with Gasteiger partial charge in [-0.05, 0) is 38.1 Å². The number of ether oxygens (including phenoxy) is 1. The van der Waals surface area contributed by atoms with Crippen LogP contribution in [0, 0.1) is 6.92 Å². The van der Waals surface area contributed by atoms with E-state index in [1.807, 2.05) is 80.4 Å². The summed E-state index contributed by atoms with van der Waals surface area (Å²) in [5, 5.41) is 2.98. The lowest BCUT2D eigenvalue weighted by molar-refractivity contribution is -0.125. The largest absolute Gasteiger partial charge is 0.492 e. The Bertz CT molecular complexity index is 643. The first kappa shape index (κ1) is 18.0. The fourth-order valence-electron chi connectivity index (χ4n) is 2.34. The molecule has 0 saturated heterocycles. The Labute approximate surface area is 144 Å². The van der Waals surface area contributed by atoms with E-state index in [-0.39, 0.29) is 11.9 Å². The highest BCUT2D eigenvalue weighted by atomic mass is 16.5. The first-order valence-corrected chi connectivity index (χ1v) is 8.28. The molecule has 1 N–H and O–H groups in total. The molecule has 0 spiro atoms. The SMILES string of the molecule is Cc1ccccc1OCCN(C)[C@H](C)C(=O)NCc1ccccc1. The van der Waals surface area contributed by atoms with E-state index in [4.69, 9.17) is 4.74 Å². The van der Waals surface area contributed by atoms with E-state index in [1.165, 1.54) is 0 Å². The number of likely N-dealkylation sites (N-methyl/N-ethyl adjacent to an activating group) is 1. The second kappa shape index (κ2) is 9.08. The molecule has 0 aromatic heterocycles. The molecule has 0 saturated carbocycles. The summed E-state index contributed by atoms with van der Waals surface area (Å²) in [6.07, 6.45) is 0. The Balaban J connectivity index is 1.73. The zero-order chi connectivity index (χ0) is 17.4. The van der Waals surface area contributed by atoms with Gasteiger partial charge in [0.15, 0.2) is 0 Å². The number of amides is 1. The molecule has 2 aromatic carbocycles. The number of rotatable bonds is 8. The third-order valence-electron chi connectivity index (χ3n) is 4.15. The van der Waals surface area contributed by atoms with Crippen molar-refractivity contribution >= 4 is 5.91 Å². The van der Waals surface area contributed by atoms with Crippen LogP contribution in [0.15, 0.2) is 54.6 Å². The van der Waals surface area contributed by atoms with Crippen molar-refractivity contribution in [3.63, 3.8) is 0 Å². The van der Waals surface area contributed by atoms with Crippen molar-refractivity contribution in [3.8, 4) is 5.75 Å². The molecule has 0 aliphatic heterocycles. The van der Waals surface area contributed by atoms with E-state index in [1.54, 1.807) is 0 Å². The maximum Gasteiger partial charge on any atom is 0.237 e. The summed E-state index contributed by atoms with van der Waals surface area (Å²) in [5.41, 5.74) is 2.22. The molecular weight excluding hydrogens is 300 g/mol. The summed E-state index contributed by atoms with van der Waals surface area (Å²) in [6, 6.07) is 17.7. The smallest absolute Gasteiger partial charge is 0.237 e. The fourth-order valence-corrected chi connectivity index (χ4v) is 2.34. The van der Waals surface area contributed by atoms with Crippen LogP contribution < -0.4 is 10.1 Å². The number of aryl methyl sites for hydroxylation is 1. The number of benzene rings is 2. The first-order chi connectivity index (χ1) is 11.6. The van der Waals surface area contributed by atoms with Crippen LogP contribution in [0.5, 0.6) is 5.75 Å². The van der Waals surface area contributed by atoms with Crippen molar-refractivity contribution < 1.29 is 9.53 Å². The van der Waals surface area contributed by atoms with Gasteiger partial charge in [-0.2, -0.15) is 0 Å². The van der Waals surface area contributed by atoms with E-state index in [0.717, 1.165) is 16.9 Å². The number of carbonyl (C=O) groups excluding carboxylic acids is 1. The standard InChI is InChI=1S/C20H26N2O2/c1-16-9-7-8-12-19(16)24-14-13-22(3)17(2)20(23)21-15-18-10-5-4-6-11-18/h4-12,17H,13-15H2,1-3H3,(H,21,23)/t17-/m1/s1. The van der Waals surface area contributed by atoms with Gasteiger partial charge in [0.1, 0.15) is 12.4 Å². The lowest BCUT2D eigenvalue weighted by Gasteiger charge is -2.24. The number of nitrogens with zero attached hydrogens (tertiary/aromatic N) is 1. The highest BCUT2D eigenvalue weighted by Crippen LogP contribution is 2.15. The topological polar surface area (TPSA) is 41.6 Å². The van der Waals surface area contributed by atoms with Crippen molar-refractivity contribution in [2.24, 2.45) is 0 Å². The Morgan fingerprint density at radius 2 is 1.79 bits per heavy atom. The highest BCUT2D eigenvalue weighted by Gasteiger charge is 2.17. The van der Waals surface area contributed by atoms with Crippen LogP contribution in [0.25, 0.3) is 0 Å². The van der Waals surface area contributed by atoms with Crippen LogP contribution in [0.2, 0.25) is 0 Å². The maximum absolute atomic E-state index is 12.3. The Morgan fingerprint density at radius 1 is 1.12 bits per heavy atom. The Hall–Kier alpha value is -2.33. The molecule has 0 unspecified atom stereocenters. The summed E-state index contributed by atoms with van der Waals surface area (Å²) in [6.45, 7) is 5.73. The summed E-state index contributed by atoms with van der Waals surface area (Å²) in [5.74, 6) is 0.921. The summed E-state index contributed by atoms with van der Waals surface area (Å²) in [7, 11) is 1.94. The van der Waals surface area contributed by atoms with Gasteiger partial charge in [0.05, 0.1) is 6.04 Å². The maximum atomic E-state index is 12.3. The molecule has 0 radical (unpaired) electrons. The predicted octanol–water partition coefficient (Wildman–Crippen LogP) is 3.01. The van der Waals surface area contributed by atoms with Gasteiger partial charge in [0.2, 0.25) is 5.91 Å². The molecule has 1 amide bonds. The minimum Gasteiger partial charge on any atom is -0.492 e. The van der Waals surface area contributed by atoms with Crippen molar-refractivity contribution in [2.75, 3.05) is 20.2 Å². The van der Waals surface area contributed by atoms with Gasteiger partial charge in [0.25, 0.3) is 0 Å². The van der Waals surface area contributed by atoms with Crippen LogP contribution in [0.4, 0.5) is 0 Å². The predicted molar refractivity (Wildman–Crippen MR) is 97.1 cm³/mol. The minimum atomic E-state index is -0.200. The average molecular weight is 326 g/mol. The van der Waals surface area contributed by atoms with Crippen molar-refractivity contribution in [2.45, 2.75) is 26.4 Å².